The number of carboxylic acid groups (broad SMARTS) is 1. The number of thiazole rings is 1. The van der Waals surface area contributed by atoms with Crippen LogP contribution in [0, 0.1) is 6.92 Å². The van der Waals surface area contributed by atoms with Gasteiger partial charge in [-0.15, -0.1) is 11.3 Å². The second kappa shape index (κ2) is 6.36. The highest BCUT2D eigenvalue weighted by molar-refractivity contribution is 7.09. The van der Waals surface area contributed by atoms with Crippen LogP contribution in [0.25, 0.3) is 0 Å². The van der Waals surface area contributed by atoms with Crippen molar-refractivity contribution in [1.82, 2.24) is 10.3 Å². The Kier molecular flexibility index (Phi) is 4.54. The third-order valence-electron chi connectivity index (χ3n) is 2.79. The highest BCUT2D eigenvalue weighted by atomic mass is 32.1. The normalized spacial score (nSPS) is 10.3. The van der Waals surface area contributed by atoms with Crippen molar-refractivity contribution in [2.75, 3.05) is 6.54 Å². The van der Waals surface area contributed by atoms with Crippen molar-refractivity contribution >= 4 is 23.2 Å². The molecule has 0 saturated carbocycles. The molecule has 3 N–H and O–H groups in total. The van der Waals surface area contributed by atoms with Crippen LogP contribution in [0.5, 0.6) is 5.75 Å². The second-order valence-electron chi connectivity index (χ2n) is 4.46. The van der Waals surface area contributed by atoms with E-state index in [2.05, 4.69) is 10.3 Å². The first kappa shape index (κ1) is 15.0. The van der Waals surface area contributed by atoms with Crippen LogP contribution in [-0.4, -0.2) is 33.6 Å². The fourth-order valence-corrected chi connectivity index (χ4v) is 2.51. The quantitative estimate of drug-likeness (QED) is 0.782. The van der Waals surface area contributed by atoms with Crippen LogP contribution >= 0.6 is 11.3 Å². The maximum atomic E-state index is 11.9. The first-order chi connectivity index (χ1) is 9.97. The number of benzene rings is 1. The summed E-state index contributed by atoms with van der Waals surface area (Å²) in [4.78, 5) is 26.6. The number of aryl methyl sites for hydroxylation is 1. The average Bonchev–Trinajstić information content (AvgIpc) is 2.90. The minimum Gasteiger partial charge on any atom is -0.507 e. The summed E-state index contributed by atoms with van der Waals surface area (Å²) in [5, 5.41) is 23.2. The Balaban J connectivity index is 1.92. The molecule has 1 amide bonds. The molecule has 21 heavy (non-hydrogen) atoms. The summed E-state index contributed by atoms with van der Waals surface area (Å²) in [6.45, 7) is 2.15. The predicted octanol–water partition coefficient (Wildman–Crippen LogP) is 1.83. The van der Waals surface area contributed by atoms with Crippen LogP contribution in [0.15, 0.2) is 23.6 Å². The van der Waals surface area contributed by atoms with Crippen molar-refractivity contribution in [3.05, 3.63) is 45.4 Å². The molecule has 0 aliphatic carbocycles. The van der Waals surface area contributed by atoms with Crippen LogP contribution in [-0.2, 0) is 6.42 Å². The summed E-state index contributed by atoms with van der Waals surface area (Å²) in [6.07, 6.45) is 0.441. The van der Waals surface area contributed by atoms with E-state index in [1.54, 1.807) is 12.1 Å². The van der Waals surface area contributed by atoms with Crippen molar-refractivity contribution in [3.8, 4) is 5.75 Å². The molecule has 1 aromatic heterocycles. The lowest BCUT2D eigenvalue weighted by molar-refractivity contribution is 0.0690. The van der Waals surface area contributed by atoms with Gasteiger partial charge in [0.2, 0.25) is 0 Å². The number of phenolic OH excluding ortho intramolecular Hbond substituents is 1. The van der Waals surface area contributed by atoms with Crippen molar-refractivity contribution in [1.29, 1.82) is 0 Å². The van der Waals surface area contributed by atoms with E-state index in [-0.39, 0.29) is 22.9 Å². The minimum atomic E-state index is -1.06. The fourth-order valence-electron chi connectivity index (χ4n) is 1.73. The Morgan fingerprint density at radius 3 is 2.81 bits per heavy atom. The molecule has 7 heteroatoms. The van der Waals surface area contributed by atoms with Gasteiger partial charge < -0.3 is 15.5 Å². The van der Waals surface area contributed by atoms with Gasteiger partial charge in [0.25, 0.3) is 5.91 Å². The number of nitrogens with one attached hydrogen (secondary N) is 1. The summed E-state index contributed by atoms with van der Waals surface area (Å²) in [6, 6.07) is 4.80. The van der Waals surface area contributed by atoms with Crippen LogP contribution in [0.4, 0.5) is 0 Å². The molecular weight excluding hydrogens is 292 g/mol. The number of nitrogens with zero attached hydrogens (tertiary/aromatic N) is 1. The molecule has 1 heterocycles. The zero-order chi connectivity index (χ0) is 15.4. The van der Waals surface area contributed by atoms with Crippen molar-refractivity contribution in [2.45, 2.75) is 13.3 Å². The van der Waals surface area contributed by atoms with E-state index < -0.39 is 5.97 Å². The topological polar surface area (TPSA) is 99.5 Å². The van der Waals surface area contributed by atoms with Crippen LogP contribution in [0.3, 0.4) is 0 Å². The van der Waals surface area contributed by atoms with E-state index in [0.29, 0.717) is 18.0 Å². The van der Waals surface area contributed by atoms with Crippen LogP contribution in [0.1, 0.15) is 31.4 Å². The Morgan fingerprint density at radius 1 is 1.38 bits per heavy atom. The number of aromatic hydroxyl groups is 1. The van der Waals surface area contributed by atoms with Crippen LogP contribution in [0.2, 0.25) is 0 Å². The molecule has 0 fully saturated rings. The fraction of sp³-hybridized carbons (Fsp3) is 0.214. The predicted molar refractivity (Wildman–Crippen MR) is 78.0 cm³/mol. The van der Waals surface area contributed by atoms with Gasteiger partial charge in [-0.25, -0.2) is 9.78 Å². The van der Waals surface area contributed by atoms with Gasteiger partial charge in [-0.05, 0) is 19.1 Å². The summed E-state index contributed by atoms with van der Waals surface area (Å²) in [7, 11) is 0. The number of hydrogen-bond donors (Lipinski definition) is 3. The van der Waals surface area contributed by atoms with E-state index in [1.807, 2.05) is 6.92 Å². The van der Waals surface area contributed by atoms with Gasteiger partial charge in [0.1, 0.15) is 5.75 Å². The number of hydrogen-bond acceptors (Lipinski definition) is 5. The highest BCUT2D eigenvalue weighted by Crippen LogP contribution is 2.18. The van der Waals surface area contributed by atoms with Gasteiger partial charge in [-0.1, -0.05) is 11.6 Å². The number of phenols is 1. The summed E-state index contributed by atoms with van der Waals surface area (Å²) < 4.78 is 0. The number of carboxylic acids is 1. The lowest BCUT2D eigenvalue weighted by Gasteiger charge is -2.06. The maximum Gasteiger partial charge on any atom is 0.355 e. The van der Waals surface area contributed by atoms with Crippen molar-refractivity contribution in [2.24, 2.45) is 0 Å². The first-order valence-electron chi connectivity index (χ1n) is 6.23. The summed E-state index contributed by atoms with van der Waals surface area (Å²) in [5.41, 5.74) is 1.11. The third kappa shape index (κ3) is 3.79. The van der Waals surface area contributed by atoms with Crippen LogP contribution < -0.4 is 5.32 Å². The third-order valence-corrected chi connectivity index (χ3v) is 3.70. The number of rotatable bonds is 5. The van der Waals surface area contributed by atoms with Gasteiger partial charge in [0.15, 0.2) is 5.69 Å². The van der Waals surface area contributed by atoms with Crippen molar-refractivity contribution in [3.63, 3.8) is 0 Å². The monoisotopic (exact) mass is 306 g/mol. The zero-order valence-corrected chi connectivity index (χ0v) is 12.1. The van der Waals surface area contributed by atoms with Gasteiger partial charge in [0, 0.05) is 18.3 Å². The van der Waals surface area contributed by atoms with Gasteiger partial charge in [-0.3, -0.25) is 4.79 Å². The van der Waals surface area contributed by atoms with Gasteiger partial charge >= 0.3 is 5.97 Å². The number of carbonyl (C=O) groups excluding carboxylic acids is 1. The van der Waals surface area contributed by atoms with E-state index in [9.17, 15) is 14.7 Å². The Morgan fingerprint density at radius 2 is 2.14 bits per heavy atom. The highest BCUT2D eigenvalue weighted by Gasteiger charge is 2.12. The summed E-state index contributed by atoms with van der Waals surface area (Å²) >= 11 is 1.24. The molecule has 6 nitrogen and oxygen atoms in total. The second-order valence-corrected chi connectivity index (χ2v) is 5.40. The molecule has 0 aliphatic heterocycles. The SMILES string of the molecule is Cc1ccc(O)c(C(=O)NCCc2nc(C(=O)O)cs2)c1. The smallest absolute Gasteiger partial charge is 0.355 e. The molecule has 2 aromatic rings. The van der Waals surface area contributed by atoms with E-state index in [4.69, 9.17) is 5.11 Å². The Bertz CT molecular complexity index is 681. The molecule has 0 spiro atoms. The molecular formula is C14H14N2O4S. The Labute approximate surface area is 125 Å². The van der Waals surface area contributed by atoms with E-state index >= 15 is 0 Å². The maximum absolute atomic E-state index is 11.9. The molecule has 0 atom stereocenters. The van der Waals surface area contributed by atoms with E-state index in [1.165, 1.54) is 22.8 Å². The number of aromatic nitrogens is 1. The molecule has 1 aromatic carbocycles. The first-order valence-corrected chi connectivity index (χ1v) is 7.11. The molecule has 0 saturated heterocycles. The lowest BCUT2D eigenvalue weighted by atomic mass is 10.1. The largest absolute Gasteiger partial charge is 0.507 e. The minimum absolute atomic E-state index is 0.0117. The molecule has 0 unspecified atom stereocenters. The molecule has 2 rings (SSSR count). The standard InChI is InChI=1S/C14H14N2O4S/c1-8-2-3-11(17)9(6-8)13(18)15-5-4-12-16-10(7-21-12)14(19)20/h2-3,6-7,17H,4-5H2,1H3,(H,15,18)(H,19,20). The number of amides is 1. The van der Waals surface area contributed by atoms with E-state index in [0.717, 1.165) is 5.56 Å². The average molecular weight is 306 g/mol. The number of aromatic carboxylic acids is 1. The molecule has 0 aliphatic rings. The number of carbonyl (C=O) groups is 2. The molecule has 110 valence electrons. The lowest BCUT2D eigenvalue weighted by Crippen LogP contribution is -2.25. The molecule has 0 bridgehead atoms. The van der Waals surface area contributed by atoms with Gasteiger partial charge in [-0.2, -0.15) is 0 Å². The zero-order valence-electron chi connectivity index (χ0n) is 11.3. The molecule has 0 radical (unpaired) electrons. The van der Waals surface area contributed by atoms with Crippen molar-refractivity contribution < 1.29 is 19.8 Å². The summed E-state index contributed by atoms with van der Waals surface area (Å²) in [5.74, 6) is -1.50. The van der Waals surface area contributed by atoms with Gasteiger partial charge in [0.05, 0.1) is 10.6 Å². The Hall–Kier alpha value is -2.41.